The Kier molecular flexibility index (Phi) is 5.41. The minimum atomic E-state index is -0.490. The molecule has 1 heterocycles. The Labute approximate surface area is 109 Å². The first kappa shape index (κ1) is 15.2. The van der Waals surface area contributed by atoms with E-state index in [4.69, 9.17) is 10.5 Å². The van der Waals surface area contributed by atoms with Gasteiger partial charge in [0.05, 0.1) is 0 Å². The molecule has 0 aliphatic carbocycles. The van der Waals surface area contributed by atoms with Crippen LogP contribution in [0.4, 0.5) is 4.79 Å². The van der Waals surface area contributed by atoms with Crippen LogP contribution in [0.5, 0.6) is 0 Å². The van der Waals surface area contributed by atoms with Crippen molar-refractivity contribution in [3.8, 4) is 0 Å². The smallest absolute Gasteiger partial charge is 0.410 e. The van der Waals surface area contributed by atoms with E-state index in [1.54, 1.807) is 4.90 Å². The molecule has 1 fully saturated rings. The van der Waals surface area contributed by atoms with Crippen LogP contribution in [0.1, 0.15) is 40.0 Å². The van der Waals surface area contributed by atoms with E-state index in [-0.39, 0.29) is 24.7 Å². The Morgan fingerprint density at radius 3 is 2.67 bits per heavy atom. The van der Waals surface area contributed by atoms with E-state index in [1.165, 1.54) is 0 Å². The standard InChI is InChI=1S/C13H26N2O3/c1-13(2,3)18-12(17)15-7-5-4-6-11(15)10(8-14)9-16/h10-11,16H,4-9,14H2,1-3H3. The number of likely N-dealkylation sites (tertiary alicyclic amines) is 1. The van der Waals surface area contributed by atoms with E-state index < -0.39 is 5.60 Å². The molecule has 106 valence electrons. The molecule has 0 saturated carbocycles. The van der Waals surface area contributed by atoms with Gasteiger partial charge in [-0.1, -0.05) is 0 Å². The van der Waals surface area contributed by atoms with Gasteiger partial charge in [0, 0.05) is 25.1 Å². The van der Waals surface area contributed by atoms with Crippen LogP contribution in [0, 0.1) is 5.92 Å². The Balaban J connectivity index is 2.72. The average molecular weight is 258 g/mol. The summed E-state index contributed by atoms with van der Waals surface area (Å²) in [5, 5.41) is 9.35. The molecular formula is C13H26N2O3. The summed E-state index contributed by atoms with van der Waals surface area (Å²) in [5.74, 6) is -0.0576. The fourth-order valence-corrected chi connectivity index (χ4v) is 2.35. The highest BCUT2D eigenvalue weighted by Crippen LogP contribution is 2.25. The normalized spacial score (nSPS) is 22.7. The number of rotatable bonds is 3. The second-order valence-electron chi connectivity index (χ2n) is 5.92. The number of ether oxygens (including phenoxy) is 1. The largest absolute Gasteiger partial charge is 0.444 e. The van der Waals surface area contributed by atoms with Crippen LogP contribution in [0.2, 0.25) is 0 Å². The lowest BCUT2D eigenvalue weighted by atomic mass is 9.91. The lowest BCUT2D eigenvalue weighted by Crippen LogP contribution is -2.51. The molecule has 1 saturated heterocycles. The van der Waals surface area contributed by atoms with Gasteiger partial charge in [-0.25, -0.2) is 4.79 Å². The van der Waals surface area contributed by atoms with Crippen LogP contribution in [0.15, 0.2) is 0 Å². The van der Waals surface area contributed by atoms with Crippen molar-refractivity contribution in [3.63, 3.8) is 0 Å². The number of nitrogens with two attached hydrogens (primary N) is 1. The predicted molar refractivity (Wildman–Crippen MR) is 70.2 cm³/mol. The van der Waals surface area contributed by atoms with Crippen LogP contribution in [-0.2, 0) is 4.74 Å². The number of piperidine rings is 1. The van der Waals surface area contributed by atoms with Gasteiger partial charge in [-0.15, -0.1) is 0 Å². The zero-order valence-electron chi connectivity index (χ0n) is 11.7. The van der Waals surface area contributed by atoms with E-state index in [0.29, 0.717) is 13.1 Å². The molecule has 5 nitrogen and oxygen atoms in total. The minimum Gasteiger partial charge on any atom is -0.444 e. The summed E-state index contributed by atoms with van der Waals surface area (Å²) < 4.78 is 5.41. The molecule has 0 bridgehead atoms. The third kappa shape index (κ3) is 4.14. The highest BCUT2D eigenvalue weighted by atomic mass is 16.6. The number of hydrogen-bond donors (Lipinski definition) is 2. The number of nitrogens with zero attached hydrogens (tertiary/aromatic N) is 1. The highest BCUT2D eigenvalue weighted by Gasteiger charge is 2.34. The molecule has 18 heavy (non-hydrogen) atoms. The van der Waals surface area contributed by atoms with Gasteiger partial charge in [-0.05, 0) is 46.6 Å². The molecule has 3 N–H and O–H groups in total. The van der Waals surface area contributed by atoms with Crippen molar-refractivity contribution < 1.29 is 14.6 Å². The first-order chi connectivity index (χ1) is 8.39. The maximum absolute atomic E-state index is 12.1. The van der Waals surface area contributed by atoms with Gasteiger partial charge in [0.15, 0.2) is 0 Å². The number of carbonyl (C=O) groups excluding carboxylic acids is 1. The molecule has 1 aliphatic rings. The van der Waals surface area contributed by atoms with Crippen LogP contribution in [0.3, 0.4) is 0 Å². The van der Waals surface area contributed by atoms with Crippen LogP contribution in [-0.4, -0.2) is 47.4 Å². The van der Waals surface area contributed by atoms with Gasteiger partial charge < -0.3 is 20.5 Å². The number of carbonyl (C=O) groups is 1. The summed E-state index contributed by atoms with van der Waals surface area (Å²) in [4.78, 5) is 13.9. The van der Waals surface area contributed by atoms with Gasteiger partial charge in [0.2, 0.25) is 0 Å². The van der Waals surface area contributed by atoms with Crippen LogP contribution < -0.4 is 5.73 Å². The van der Waals surface area contributed by atoms with Crippen molar-refractivity contribution in [1.82, 2.24) is 4.90 Å². The quantitative estimate of drug-likeness (QED) is 0.801. The maximum atomic E-state index is 12.1. The molecule has 5 heteroatoms. The minimum absolute atomic E-state index is 0.00333. The zero-order chi connectivity index (χ0) is 13.8. The number of amides is 1. The van der Waals surface area contributed by atoms with Gasteiger partial charge in [0.1, 0.15) is 5.60 Å². The molecule has 0 spiro atoms. The first-order valence-electron chi connectivity index (χ1n) is 6.69. The fraction of sp³-hybridized carbons (Fsp3) is 0.923. The monoisotopic (exact) mass is 258 g/mol. The fourth-order valence-electron chi connectivity index (χ4n) is 2.35. The Morgan fingerprint density at radius 1 is 1.50 bits per heavy atom. The molecule has 1 rings (SSSR count). The summed E-state index contributed by atoms with van der Waals surface area (Å²) in [6, 6.07) is 0.00333. The molecule has 1 aliphatic heterocycles. The third-order valence-electron chi connectivity index (χ3n) is 3.26. The van der Waals surface area contributed by atoms with E-state index in [9.17, 15) is 9.90 Å². The Morgan fingerprint density at radius 2 is 2.17 bits per heavy atom. The van der Waals surface area contributed by atoms with Gasteiger partial charge >= 0.3 is 6.09 Å². The van der Waals surface area contributed by atoms with Crippen molar-refractivity contribution in [2.75, 3.05) is 19.7 Å². The van der Waals surface area contributed by atoms with Crippen molar-refractivity contribution in [3.05, 3.63) is 0 Å². The van der Waals surface area contributed by atoms with Crippen molar-refractivity contribution >= 4 is 6.09 Å². The summed E-state index contributed by atoms with van der Waals surface area (Å²) in [7, 11) is 0. The summed E-state index contributed by atoms with van der Waals surface area (Å²) >= 11 is 0. The van der Waals surface area contributed by atoms with Crippen LogP contribution in [0.25, 0.3) is 0 Å². The van der Waals surface area contributed by atoms with E-state index in [0.717, 1.165) is 19.3 Å². The maximum Gasteiger partial charge on any atom is 0.410 e. The van der Waals surface area contributed by atoms with Crippen molar-refractivity contribution in [2.45, 2.75) is 51.7 Å². The number of hydrogen-bond acceptors (Lipinski definition) is 4. The SMILES string of the molecule is CC(C)(C)OC(=O)N1CCCCC1C(CN)CO. The lowest BCUT2D eigenvalue weighted by molar-refractivity contribution is -0.00255. The third-order valence-corrected chi connectivity index (χ3v) is 3.26. The predicted octanol–water partition coefficient (Wildman–Crippen LogP) is 1.34. The van der Waals surface area contributed by atoms with Crippen LogP contribution >= 0.6 is 0 Å². The van der Waals surface area contributed by atoms with Gasteiger partial charge in [0.25, 0.3) is 0 Å². The molecule has 0 aromatic rings. The number of aliphatic hydroxyl groups excluding tert-OH is 1. The second kappa shape index (κ2) is 6.38. The molecule has 2 unspecified atom stereocenters. The molecule has 1 amide bonds. The first-order valence-corrected chi connectivity index (χ1v) is 6.69. The van der Waals surface area contributed by atoms with Crippen molar-refractivity contribution in [1.29, 1.82) is 0 Å². The van der Waals surface area contributed by atoms with E-state index >= 15 is 0 Å². The Bertz CT molecular complexity index is 272. The van der Waals surface area contributed by atoms with E-state index in [1.807, 2.05) is 20.8 Å². The van der Waals surface area contributed by atoms with Gasteiger partial charge in [-0.2, -0.15) is 0 Å². The average Bonchev–Trinajstić information content (AvgIpc) is 2.29. The molecule has 0 aromatic heterocycles. The highest BCUT2D eigenvalue weighted by molar-refractivity contribution is 5.68. The van der Waals surface area contributed by atoms with E-state index in [2.05, 4.69) is 0 Å². The van der Waals surface area contributed by atoms with Crippen molar-refractivity contribution in [2.24, 2.45) is 11.7 Å². The Hall–Kier alpha value is -0.810. The molecule has 0 radical (unpaired) electrons. The number of aliphatic hydroxyl groups is 1. The molecular weight excluding hydrogens is 232 g/mol. The van der Waals surface area contributed by atoms with Gasteiger partial charge in [-0.3, -0.25) is 0 Å². The summed E-state index contributed by atoms with van der Waals surface area (Å²) in [6.07, 6.45) is 2.65. The summed E-state index contributed by atoms with van der Waals surface area (Å²) in [5.41, 5.74) is 5.18. The molecule has 2 atom stereocenters. The summed E-state index contributed by atoms with van der Waals surface area (Å²) in [6.45, 7) is 6.67. The second-order valence-corrected chi connectivity index (χ2v) is 5.92. The lowest BCUT2D eigenvalue weighted by Gasteiger charge is -2.40. The zero-order valence-corrected chi connectivity index (χ0v) is 11.7. The molecule has 0 aromatic carbocycles. The topological polar surface area (TPSA) is 75.8 Å².